The molecule has 1 aromatic rings. The summed E-state index contributed by atoms with van der Waals surface area (Å²) in [6, 6.07) is 7.89. The molecule has 1 spiro atoms. The zero-order valence-corrected chi connectivity index (χ0v) is 13.2. The highest BCUT2D eigenvalue weighted by molar-refractivity contribution is 7.92. The van der Waals surface area contributed by atoms with Crippen LogP contribution in [0.1, 0.15) is 37.7 Å². The largest absolute Gasteiger partial charge is 0.399 e. The summed E-state index contributed by atoms with van der Waals surface area (Å²) in [5.74, 6) is 0.301. The Morgan fingerprint density at radius 1 is 1.19 bits per heavy atom. The Morgan fingerprint density at radius 2 is 1.95 bits per heavy atom. The monoisotopic (exact) mass is 308 g/mol. The molecular weight excluding hydrogens is 284 g/mol. The molecule has 0 atom stereocenters. The molecular formula is C16H24N2O2S. The summed E-state index contributed by atoms with van der Waals surface area (Å²) in [7, 11) is -2.95. The van der Waals surface area contributed by atoms with Gasteiger partial charge in [-0.1, -0.05) is 31.4 Å². The van der Waals surface area contributed by atoms with Gasteiger partial charge in [-0.15, -0.1) is 0 Å². The van der Waals surface area contributed by atoms with Crippen molar-refractivity contribution in [2.24, 2.45) is 0 Å². The molecule has 0 amide bonds. The van der Waals surface area contributed by atoms with Crippen LogP contribution in [-0.2, 0) is 16.4 Å². The molecule has 1 aromatic carbocycles. The first kappa shape index (κ1) is 14.9. The van der Waals surface area contributed by atoms with E-state index in [-0.39, 0.29) is 0 Å². The van der Waals surface area contributed by atoms with Crippen molar-refractivity contribution >= 4 is 15.5 Å². The second-order valence-corrected chi connectivity index (χ2v) is 9.02. The third-order valence-electron chi connectivity index (χ3n) is 4.97. The van der Waals surface area contributed by atoms with Gasteiger partial charge >= 0.3 is 0 Å². The van der Waals surface area contributed by atoms with Crippen molar-refractivity contribution in [2.75, 3.05) is 24.6 Å². The van der Waals surface area contributed by atoms with Crippen LogP contribution in [0.2, 0.25) is 0 Å². The average molecular weight is 308 g/mol. The number of nitrogens with two attached hydrogens (primary N) is 1. The summed E-state index contributed by atoms with van der Waals surface area (Å²) < 4.78 is 24.6. The highest BCUT2D eigenvalue weighted by atomic mass is 32.2. The predicted molar refractivity (Wildman–Crippen MR) is 85.7 cm³/mol. The van der Waals surface area contributed by atoms with E-state index >= 15 is 0 Å². The van der Waals surface area contributed by atoms with E-state index in [1.807, 2.05) is 18.2 Å². The molecule has 0 radical (unpaired) electrons. The average Bonchev–Trinajstić information content (AvgIpc) is 2.45. The second kappa shape index (κ2) is 5.61. The van der Waals surface area contributed by atoms with Crippen LogP contribution in [0.25, 0.3) is 0 Å². The van der Waals surface area contributed by atoms with E-state index < -0.39 is 14.6 Å². The van der Waals surface area contributed by atoms with Gasteiger partial charge in [0.25, 0.3) is 0 Å². The minimum Gasteiger partial charge on any atom is -0.399 e. The van der Waals surface area contributed by atoms with Gasteiger partial charge in [-0.05, 0) is 30.5 Å². The van der Waals surface area contributed by atoms with E-state index in [1.165, 1.54) is 12.0 Å². The Kier molecular flexibility index (Phi) is 3.97. The van der Waals surface area contributed by atoms with Crippen molar-refractivity contribution in [1.29, 1.82) is 0 Å². The van der Waals surface area contributed by atoms with Crippen LogP contribution in [0.15, 0.2) is 24.3 Å². The fourth-order valence-electron chi connectivity index (χ4n) is 3.80. The number of hydrogen-bond donors (Lipinski definition) is 1. The molecule has 1 heterocycles. The van der Waals surface area contributed by atoms with Crippen LogP contribution >= 0.6 is 0 Å². The van der Waals surface area contributed by atoms with Crippen molar-refractivity contribution in [3.8, 4) is 0 Å². The summed E-state index contributed by atoms with van der Waals surface area (Å²) in [6.07, 6.45) is 4.94. The standard InChI is InChI=1S/C16H24N2O2S/c17-15-6-4-5-14(11-15)12-18-9-10-21(19,20)16(13-18)7-2-1-3-8-16/h4-6,11H,1-3,7-10,12-13,17H2. The third-order valence-corrected chi connectivity index (χ3v) is 7.55. The lowest BCUT2D eigenvalue weighted by Gasteiger charge is -2.44. The van der Waals surface area contributed by atoms with Gasteiger partial charge in [0.15, 0.2) is 9.84 Å². The molecule has 3 rings (SSSR count). The number of nitrogen functional groups attached to an aromatic ring is 1. The lowest BCUT2D eigenvalue weighted by molar-refractivity contribution is 0.200. The molecule has 2 aliphatic rings. The Bertz CT molecular complexity index is 606. The summed E-state index contributed by atoms with van der Waals surface area (Å²) in [4.78, 5) is 2.29. The lowest BCUT2D eigenvalue weighted by Crippen LogP contribution is -2.56. The zero-order valence-electron chi connectivity index (χ0n) is 12.4. The molecule has 1 aliphatic heterocycles. The fraction of sp³-hybridized carbons (Fsp3) is 0.625. The molecule has 2 N–H and O–H groups in total. The number of nitrogens with zero attached hydrogens (tertiary/aromatic N) is 1. The molecule has 0 unspecified atom stereocenters. The van der Waals surface area contributed by atoms with E-state index in [2.05, 4.69) is 11.0 Å². The van der Waals surface area contributed by atoms with Crippen LogP contribution in [0.5, 0.6) is 0 Å². The van der Waals surface area contributed by atoms with Gasteiger partial charge in [0.1, 0.15) is 0 Å². The van der Waals surface area contributed by atoms with Crippen LogP contribution in [0, 0.1) is 0 Å². The zero-order chi connectivity index (χ0) is 14.9. The molecule has 1 saturated carbocycles. The quantitative estimate of drug-likeness (QED) is 0.851. The highest BCUT2D eigenvalue weighted by Gasteiger charge is 2.47. The Hall–Kier alpha value is -1.07. The fourth-order valence-corrected chi connectivity index (χ4v) is 6.02. The minimum absolute atomic E-state index is 0.301. The SMILES string of the molecule is Nc1cccc(CN2CCS(=O)(=O)C3(CCCCC3)C2)c1. The van der Waals surface area contributed by atoms with E-state index in [1.54, 1.807) is 0 Å². The molecule has 4 nitrogen and oxygen atoms in total. The Balaban J connectivity index is 1.77. The van der Waals surface area contributed by atoms with Gasteiger partial charge in [0.05, 0.1) is 10.5 Å². The van der Waals surface area contributed by atoms with Crippen LogP contribution in [0.3, 0.4) is 0 Å². The molecule has 0 bridgehead atoms. The molecule has 116 valence electrons. The van der Waals surface area contributed by atoms with Gasteiger partial charge in [0.2, 0.25) is 0 Å². The van der Waals surface area contributed by atoms with Crippen molar-refractivity contribution in [2.45, 2.75) is 43.4 Å². The first-order valence-corrected chi connectivity index (χ1v) is 9.45. The van der Waals surface area contributed by atoms with Crippen molar-refractivity contribution in [3.63, 3.8) is 0 Å². The van der Waals surface area contributed by atoms with E-state index in [0.29, 0.717) is 18.8 Å². The minimum atomic E-state index is -2.95. The third kappa shape index (κ3) is 2.94. The van der Waals surface area contributed by atoms with Gasteiger partial charge in [-0.2, -0.15) is 0 Å². The van der Waals surface area contributed by atoms with E-state index in [0.717, 1.165) is 37.9 Å². The normalized spacial score (nSPS) is 25.0. The van der Waals surface area contributed by atoms with Crippen LogP contribution in [-0.4, -0.2) is 36.9 Å². The maximum absolute atomic E-state index is 12.6. The van der Waals surface area contributed by atoms with Crippen molar-refractivity contribution in [3.05, 3.63) is 29.8 Å². The first-order chi connectivity index (χ1) is 10.0. The molecule has 5 heteroatoms. The van der Waals surface area contributed by atoms with Crippen molar-refractivity contribution in [1.82, 2.24) is 4.90 Å². The molecule has 2 fully saturated rings. The van der Waals surface area contributed by atoms with E-state index in [4.69, 9.17) is 5.73 Å². The topological polar surface area (TPSA) is 63.4 Å². The lowest BCUT2D eigenvalue weighted by atomic mass is 9.87. The van der Waals surface area contributed by atoms with Crippen LogP contribution in [0.4, 0.5) is 5.69 Å². The van der Waals surface area contributed by atoms with E-state index in [9.17, 15) is 8.42 Å². The molecule has 21 heavy (non-hydrogen) atoms. The maximum atomic E-state index is 12.6. The van der Waals surface area contributed by atoms with Gasteiger partial charge in [-0.25, -0.2) is 8.42 Å². The molecule has 0 aromatic heterocycles. The number of benzene rings is 1. The number of rotatable bonds is 2. The van der Waals surface area contributed by atoms with Crippen LogP contribution < -0.4 is 5.73 Å². The summed E-state index contributed by atoms with van der Waals surface area (Å²) in [5, 5.41) is 0. The highest BCUT2D eigenvalue weighted by Crippen LogP contribution is 2.39. The first-order valence-electron chi connectivity index (χ1n) is 7.80. The summed E-state index contributed by atoms with van der Waals surface area (Å²) in [6.45, 7) is 2.12. The predicted octanol–water partition coefficient (Wildman–Crippen LogP) is 2.20. The number of hydrogen-bond acceptors (Lipinski definition) is 4. The number of anilines is 1. The van der Waals surface area contributed by atoms with Gasteiger partial charge in [-0.3, -0.25) is 4.90 Å². The Labute approximate surface area is 127 Å². The summed E-state index contributed by atoms with van der Waals surface area (Å²) in [5.41, 5.74) is 7.76. The van der Waals surface area contributed by atoms with Crippen molar-refractivity contribution < 1.29 is 8.42 Å². The maximum Gasteiger partial charge on any atom is 0.158 e. The van der Waals surface area contributed by atoms with Gasteiger partial charge in [0, 0.05) is 25.3 Å². The second-order valence-electron chi connectivity index (χ2n) is 6.52. The number of sulfone groups is 1. The smallest absolute Gasteiger partial charge is 0.158 e. The molecule has 1 saturated heterocycles. The summed E-state index contributed by atoms with van der Waals surface area (Å²) >= 11 is 0. The molecule has 1 aliphatic carbocycles. The Morgan fingerprint density at radius 3 is 2.67 bits per heavy atom. The van der Waals surface area contributed by atoms with Gasteiger partial charge < -0.3 is 5.73 Å².